The molecule has 0 fully saturated rings. The predicted octanol–water partition coefficient (Wildman–Crippen LogP) is 6.68. The minimum absolute atomic E-state index is 0.185. The maximum absolute atomic E-state index is 14.5. The number of rotatable bonds is 7. The van der Waals surface area contributed by atoms with E-state index in [1.807, 2.05) is 0 Å². The fraction of sp³-hybridized carbons (Fsp3) is 0.647. The Morgan fingerprint density at radius 3 is 1.16 bits per heavy atom. The minimum atomic E-state index is -7.65. The van der Waals surface area contributed by atoms with Crippen LogP contribution in [0.1, 0.15) is 41.9 Å². The SMILES string of the molecule is CCC(CF)C(C)c1c(F)c(F)c(C(S(=O)(=O)C(F)(F)F)S(=O)(=O)C(F)(F)F)c(F)c1F.CF.FCF. The molecule has 220 valence electrons. The molecule has 0 heterocycles. The molecular weight excluding hydrogens is 598 g/mol. The lowest BCUT2D eigenvalue weighted by molar-refractivity contribution is -0.0473. The lowest BCUT2D eigenvalue weighted by atomic mass is 9.85. The Labute approximate surface area is 201 Å². The van der Waals surface area contributed by atoms with E-state index in [0.29, 0.717) is 7.18 Å². The van der Waals surface area contributed by atoms with Crippen LogP contribution in [0.5, 0.6) is 0 Å². The maximum Gasteiger partial charge on any atom is 0.499 e. The second-order valence-corrected chi connectivity index (χ2v) is 11.0. The van der Waals surface area contributed by atoms with E-state index in [1.165, 1.54) is 6.92 Å². The lowest BCUT2D eigenvalue weighted by Gasteiger charge is -2.25. The third-order valence-corrected chi connectivity index (χ3v) is 9.07. The van der Waals surface area contributed by atoms with E-state index in [0.717, 1.165) is 6.92 Å². The highest BCUT2D eigenvalue weighted by atomic mass is 32.3. The molecule has 0 radical (unpaired) electrons. The Bertz CT molecular complexity index is 1020. The van der Waals surface area contributed by atoms with Gasteiger partial charge in [0.1, 0.15) is 0 Å². The van der Waals surface area contributed by atoms with Crippen LogP contribution >= 0.6 is 0 Å². The van der Waals surface area contributed by atoms with Crippen LogP contribution in [0.3, 0.4) is 0 Å². The van der Waals surface area contributed by atoms with Crippen LogP contribution in [-0.4, -0.2) is 48.6 Å². The summed E-state index contributed by atoms with van der Waals surface area (Å²) in [5, 5.41) is 0. The van der Waals surface area contributed by atoms with Gasteiger partial charge in [0.05, 0.1) is 19.4 Å². The first kappa shape index (κ1) is 37.3. The molecule has 0 aliphatic heterocycles. The number of sulfone groups is 2. The molecule has 2 unspecified atom stereocenters. The Morgan fingerprint density at radius 2 is 0.946 bits per heavy atom. The summed E-state index contributed by atoms with van der Waals surface area (Å²) < 4.78 is 218. The van der Waals surface area contributed by atoms with E-state index >= 15 is 0 Å². The van der Waals surface area contributed by atoms with Gasteiger partial charge < -0.3 is 0 Å². The van der Waals surface area contributed by atoms with Gasteiger partial charge in [0.15, 0.2) is 23.3 Å². The van der Waals surface area contributed by atoms with Crippen LogP contribution in [0.15, 0.2) is 0 Å². The second-order valence-electron chi connectivity index (χ2n) is 6.61. The molecule has 0 aliphatic carbocycles. The van der Waals surface area contributed by atoms with E-state index < -0.39 is 95.1 Å². The highest BCUT2D eigenvalue weighted by Gasteiger charge is 2.65. The standard InChI is InChI=1S/C15H13F11O4S2.CH2F2.CH3F/c1-3-6(4-16)5(2)7-9(17)11(19)8(12(20)10(7)18)13(31(27,28)14(21,22)23)32(29,30)15(24,25)26;2-1-3;1-2/h5-6,13H,3-4H2,1-2H3;1H2;1H3. The third-order valence-electron chi connectivity index (χ3n) is 4.66. The highest BCUT2D eigenvalue weighted by Crippen LogP contribution is 2.48. The van der Waals surface area contributed by atoms with Crippen molar-refractivity contribution in [2.24, 2.45) is 5.92 Å². The topological polar surface area (TPSA) is 68.3 Å². The van der Waals surface area contributed by atoms with Crippen molar-refractivity contribution in [3.8, 4) is 0 Å². The third kappa shape index (κ3) is 7.60. The van der Waals surface area contributed by atoms with Gasteiger partial charge in [-0.3, -0.25) is 8.78 Å². The first-order chi connectivity index (χ1) is 16.6. The summed E-state index contributed by atoms with van der Waals surface area (Å²) in [5.41, 5.74) is -18.5. The zero-order valence-corrected chi connectivity index (χ0v) is 20.2. The molecule has 4 nitrogen and oxygen atoms in total. The van der Waals surface area contributed by atoms with Crippen molar-refractivity contribution in [3.63, 3.8) is 0 Å². The molecule has 1 rings (SSSR count). The highest BCUT2D eigenvalue weighted by molar-refractivity contribution is 8.09. The van der Waals surface area contributed by atoms with Crippen LogP contribution in [0.4, 0.5) is 61.5 Å². The molecule has 0 amide bonds. The Hall–Kier alpha value is -1.86. The summed E-state index contributed by atoms with van der Waals surface area (Å²) in [7, 11) is -14.8. The summed E-state index contributed by atoms with van der Waals surface area (Å²) in [6.07, 6.45) is -0.185. The normalized spacial score (nSPS) is 14.3. The molecule has 0 spiro atoms. The molecule has 1 aromatic carbocycles. The van der Waals surface area contributed by atoms with E-state index in [2.05, 4.69) is 0 Å². The van der Waals surface area contributed by atoms with Crippen LogP contribution in [0.2, 0.25) is 0 Å². The van der Waals surface area contributed by atoms with Gasteiger partial charge in [0.25, 0.3) is 19.7 Å². The van der Waals surface area contributed by atoms with Gasteiger partial charge in [-0.25, -0.2) is 43.2 Å². The van der Waals surface area contributed by atoms with Gasteiger partial charge in [-0.15, -0.1) is 0 Å². The monoisotopic (exact) mass is 616 g/mol. The molecule has 0 saturated heterocycles. The van der Waals surface area contributed by atoms with Gasteiger partial charge in [-0.05, 0) is 11.8 Å². The van der Waals surface area contributed by atoms with Crippen molar-refractivity contribution in [2.75, 3.05) is 20.8 Å². The van der Waals surface area contributed by atoms with Crippen molar-refractivity contribution in [1.82, 2.24) is 0 Å². The maximum atomic E-state index is 14.5. The molecule has 0 saturated carbocycles. The first-order valence-corrected chi connectivity index (χ1v) is 12.2. The molecular formula is C17H18F14O4S2. The van der Waals surface area contributed by atoms with Crippen molar-refractivity contribution in [3.05, 3.63) is 34.4 Å². The number of halogens is 14. The van der Waals surface area contributed by atoms with Crippen molar-refractivity contribution < 1.29 is 78.3 Å². The fourth-order valence-electron chi connectivity index (χ4n) is 2.82. The zero-order valence-electron chi connectivity index (χ0n) is 18.6. The average molecular weight is 616 g/mol. The van der Waals surface area contributed by atoms with E-state index in [1.54, 1.807) is 0 Å². The van der Waals surface area contributed by atoms with Gasteiger partial charge in [-0.1, -0.05) is 20.3 Å². The van der Waals surface area contributed by atoms with E-state index in [4.69, 9.17) is 0 Å². The number of alkyl halides is 10. The van der Waals surface area contributed by atoms with E-state index in [-0.39, 0.29) is 6.42 Å². The molecule has 2 atom stereocenters. The van der Waals surface area contributed by atoms with Gasteiger partial charge in [-0.2, -0.15) is 26.3 Å². The molecule has 0 aliphatic rings. The molecule has 20 heteroatoms. The summed E-state index contributed by atoms with van der Waals surface area (Å²) in [5.74, 6) is -14.6. The molecule has 1 aromatic rings. The van der Waals surface area contributed by atoms with E-state index in [9.17, 15) is 78.3 Å². The lowest BCUT2D eigenvalue weighted by Crippen LogP contribution is -2.40. The average Bonchev–Trinajstić information content (AvgIpc) is 2.76. The zero-order chi connectivity index (χ0) is 30.3. The van der Waals surface area contributed by atoms with Gasteiger partial charge >= 0.3 is 11.0 Å². The van der Waals surface area contributed by atoms with Crippen LogP contribution in [-0.2, 0) is 19.7 Å². The first-order valence-electron chi connectivity index (χ1n) is 9.13. The number of benzene rings is 1. The molecule has 0 N–H and O–H groups in total. The van der Waals surface area contributed by atoms with Crippen LogP contribution in [0.25, 0.3) is 0 Å². The Kier molecular flexibility index (Phi) is 13.9. The largest absolute Gasteiger partial charge is 0.499 e. The molecule has 37 heavy (non-hydrogen) atoms. The summed E-state index contributed by atoms with van der Waals surface area (Å²) >= 11 is 0. The van der Waals surface area contributed by atoms with Crippen molar-refractivity contribution >= 4 is 19.7 Å². The van der Waals surface area contributed by atoms with Crippen molar-refractivity contribution in [2.45, 2.75) is 41.8 Å². The number of hydrogen-bond donors (Lipinski definition) is 0. The second kappa shape index (κ2) is 13.8. The minimum Gasteiger partial charge on any atom is -0.255 e. The van der Waals surface area contributed by atoms with Crippen LogP contribution in [0, 0.1) is 29.2 Å². The predicted molar refractivity (Wildman–Crippen MR) is 101 cm³/mol. The van der Waals surface area contributed by atoms with Gasteiger partial charge in [0, 0.05) is 5.56 Å². The Balaban J connectivity index is 0. The smallest absolute Gasteiger partial charge is 0.255 e. The van der Waals surface area contributed by atoms with Crippen LogP contribution < -0.4 is 0 Å². The quantitative estimate of drug-likeness (QED) is 0.253. The van der Waals surface area contributed by atoms with Crippen molar-refractivity contribution in [1.29, 1.82) is 0 Å². The molecule has 0 bridgehead atoms. The molecule has 0 aromatic heterocycles. The van der Waals surface area contributed by atoms with Gasteiger partial charge in [0.2, 0.25) is 11.5 Å². The fourth-order valence-corrected chi connectivity index (χ4v) is 6.33. The summed E-state index contributed by atoms with van der Waals surface area (Å²) in [4.78, 5) is 0. The Morgan fingerprint density at radius 1 is 0.676 bits per heavy atom. The summed E-state index contributed by atoms with van der Waals surface area (Å²) in [6.45, 7) is -0.960. The summed E-state index contributed by atoms with van der Waals surface area (Å²) in [6, 6.07) is 0. The number of hydrogen-bond acceptors (Lipinski definition) is 4.